The van der Waals surface area contributed by atoms with Gasteiger partial charge >= 0.3 is 0 Å². The van der Waals surface area contributed by atoms with Crippen LogP contribution in [0.2, 0.25) is 0 Å². The molecular weight excluding hydrogens is 344 g/mol. The Bertz CT molecular complexity index is 771. The Balaban J connectivity index is 1.42. The number of allylic oxidation sites excluding steroid dienone is 2. The van der Waals surface area contributed by atoms with Crippen LogP contribution in [0.1, 0.15) is 49.2 Å². The van der Waals surface area contributed by atoms with Crippen LogP contribution >= 0.6 is 0 Å². The SMILES string of the molecule is C=C/C=C(\C=C)CN1CCC2(CCN(c3nc(C)nc4c3CCCC4)CC2)C1. The molecule has 0 atom stereocenters. The Hall–Kier alpha value is -1.94. The van der Waals surface area contributed by atoms with Gasteiger partial charge in [0.15, 0.2) is 0 Å². The van der Waals surface area contributed by atoms with E-state index in [0.717, 1.165) is 38.3 Å². The minimum Gasteiger partial charge on any atom is -0.356 e. The normalized spacial score (nSPS) is 22.3. The van der Waals surface area contributed by atoms with Crippen molar-refractivity contribution >= 4 is 5.82 Å². The molecule has 0 N–H and O–H groups in total. The summed E-state index contributed by atoms with van der Waals surface area (Å²) in [5.41, 5.74) is 4.50. The minimum atomic E-state index is 0.485. The molecule has 0 unspecified atom stereocenters. The highest BCUT2D eigenvalue weighted by Crippen LogP contribution is 2.42. The topological polar surface area (TPSA) is 32.3 Å². The van der Waals surface area contributed by atoms with E-state index in [4.69, 9.17) is 9.97 Å². The molecule has 4 rings (SSSR count). The average molecular weight is 379 g/mol. The lowest BCUT2D eigenvalue weighted by Crippen LogP contribution is -2.42. The van der Waals surface area contributed by atoms with Crippen molar-refractivity contribution < 1.29 is 0 Å². The number of rotatable bonds is 5. The molecule has 0 amide bonds. The number of anilines is 1. The molecule has 2 saturated heterocycles. The number of hydrogen-bond donors (Lipinski definition) is 0. The van der Waals surface area contributed by atoms with Gasteiger partial charge < -0.3 is 4.90 Å². The van der Waals surface area contributed by atoms with E-state index in [9.17, 15) is 0 Å². The summed E-state index contributed by atoms with van der Waals surface area (Å²) in [6.45, 7) is 15.5. The van der Waals surface area contributed by atoms with Crippen LogP contribution in [0.5, 0.6) is 0 Å². The molecule has 3 aliphatic rings. The summed E-state index contributed by atoms with van der Waals surface area (Å²) in [6.07, 6.45) is 14.6. The van der Waals surface area contributed by atoms with Crippen LogP contribution in [0, 0.1) is 12.3 Å². The Labute approximate surface area is 170 Å². The van der Waals surface area contributed by atoms with Gasteiger partial charge in [-0.2, -0.15) is 0 Å². The molecule has 150 valence electrons. The van der Waals surface area contributed by atoms with Crippen LogP contribution < -0.4 is 4.90 Å². The Morgan fingerprint density at radius 2 is 1.82 bits per heavy atom. The number of hydrogen-bond acceptors (Lipinski definition) is 4. The van der Waals surface area contributed by atoms with Crippen LogP contribution in [0.15, 0.2) is 37.0 Å². The number of aromatic nitrogens is 2. The molecule has 1 aliphatic carbocycles. The van der Waals surface area contributed by atoms with E-state index in [2.05, 4.69) is 29.0 Å². The maximum atomic E-state index is 4.89. The molecule has 28 heavy (non-hydrogen) atoms. The van der Waals surface area contributed by atoms with Crippen molar-refractivity contribution in [1.29, 1.82) is 0 Å². The van der Waals surface area contributed by atoms with E-state index in [-0.39, 0.29) is 0 Å². The molecular formula is C24H34N4. The summed E-state index contributed by atoms with van der Waals surface area (Å²) < 4.78 is 0. The number of fused-ring (bicyclic) bond motifs is 1. The second-order valence-electron chi connectivity index (χ2n) is 8.86. The van der Waals surface area contributed by atoms with Gasteiger partial charge in [-0.15, -0.1) is 0 Å². The van der Waals surface area contributed by atoms with Crippen LogP contribution in [0.3, 0.4) is 0 Å². The number of aryl methyl sites for hydroxylation is 2. The molecule has 1 aromatic heterocycles. The fraction of sp³-hybridized carbons (Fsp3) is 0.583. The molecule has 0 aromatic carbocycles. The molecule has 2 fully saturated rings. The minimum absolute atomic E-state index is 0.485. The lowest BCUT2D eigenvalue weighted by Gasteiger charge is -2.41. The zero-order valence-corrected chi connectivity index (χ0v) is 17.4. The summed E-state index contributed by atoms with van der Waals surface area (Å²) >= 11 is 0. The van der Waals surface area contributed by atoms with Gasteiger partial charge in [0.25, 0.3) is 0 Å². The summed E-state index contributed by atoms with van der Waals surface area (Å²) in [7, 11) is 0. The quantitative estimate of drug-likeness (QED) is 0.717. The molecule has 4 nitrogen and oxygen atoms in total. The van der Waals surface area contributed by atoms with E-state index in [0.29, 0.717) is 5.41 Å². The van der Waals surface area contributed by atoms with Crippen molar-refractivity contribution in [3.05, 3.63) is 54.0 Å². The molecule has 0 radical (unpaired) electrons. The van der Waals surface area contributed by atoms with Gasteiger partial charge in [0, 0.05) is 37.4 Å². The van der Waals surface area contributed by atoms with E-state index in [1.54, 1.807) is 0 Å². The zero-order chi connectivity index (χ0) is 19.6. The second-order valence-corrected chi connectivity index (χ2v) is 8.86. The van der Waals surface area contributed by atoms with Gasteiger partial charge in [-0.3, -0.25) is 4.90 Å². The van der Waals surface area contributed by atoms with Crippen molar-refractivity contribution in [2.24, 2.45) is 5.41 Å². The van der Waals surface area contributed by atoms with Crippen LogP contribution in [0.4, 0.5) is 5.82 Å². The Morgan fingerprint density at radius 1 is 1.07 bits per heavy atom. The standard InChI is InChI=1S/C24H34N4/c1-4-8-20(5-2)17-27-14-11-24(18-27)12-15-28(16-13-24)23-21-9-6-7-10-22(21)25-19(3)26-23/h4-5,8H,1-2,6-7,9-18H2,3H3/b20-8+. The highest BCUT2D eigenvalue weighted by atomic mass is 15.2. The molecule has 2 aliphatic heterocycles. The van der Waals surface area contributed by atoms with Crippen LogP contribution in [-0.4, -0.2) is 47.6 Å². The highest BCUT2D eigenvalue weighted by molar-refractivity contribution is 5.50. The predicted octanol–water partition coefficient (Wildman–Crippen LogP) is 4.25. The first-order chi connectivity index (χ1) is 13.6. The molecule has 3 heterocycles. The van der Waals surface area contributed by atoms with Crippen molar-refractivity contribution in [2.45, 2.75) is 51.9 Å². The maximum Gasteiger partial charge on any atom is 0.135 e. The van der Waals surface area contributed by atoms with Gasteiger partial charge in [0.05, 0.1) is 0 Å². The molecule has 1 spiro atoms. The summed E-state index contributed by atoms with van der Waals surface area (Å²) in [5.74, 6) is 2.18. The van der Waals surface area contributed by atoms with E-state index in [1.807, 2.05) is 19.1 Å². The first-order valence-electron chi connectivity index (χ1n) is 10.9. The summed E-state index contributed by atoms with van der Waals surface area (Å²) in [4.78, 5) is 14.8. The number of likely N-dealkylation sites (tertiary alicyclic amines) is 1. The third-order valence-electron chi connectivity index (χ3n) is 6.91. The van der Waals surface area contributed by atoms with Crippen LogP contribution in [-0.2, 0) is 12.8 Å². The largest absolute Gasteiger partial charge is 0.356 e. The van der Waals surface area contributed by atoms with E-state index < -0.39 is 0 Å². The molecule has 4 heteroatoms. The molecule has 1 aromatic rings. The van der Waals surface area contributed by atoms with Crippen molar-refractivity contribution in [2.75, 3.05) is 37.6 Å². The third kappa shape index (κ3) is 3.93. The van der Waals surface area contributed by atoms with Gasteiger partial charge in [-0.05, 0) is 69.4 Å². The monoisotopic (exact) mass is 378 g/mol. The first-order valence-corrected chi connectivity index (χ1v) is 10.9. The van der Waals surface area contributed by atoms with E-state index >= 15 is 0 Å². The highest BCUT2D eigenvalue weighted by Gasteiger charge is 2.41. The maximum absolute atomic E-state index is 4.89. The second kappa shape index (κ2) is 8.20. The van der Waals surface area contributed by atoms with Gasteiger partial charge in [0.1, 0.15) is 11.6 Å². The van der Waals surface area contributed by atoms with E-state index in [1.165, 1.54) is 67.8 Å². The fourth-order valence-electron chi connectivity index (χ4n) is 5.31. The average Bonchev–Trinajstić information content (AvgIpc) is 3.09. The lowest BCUT2D eigenvalue weighted by atomic mass is 9.77. The van der Waals surface area contributed by atoms with Crippen molar-refractivity contribution in [3.8, 4) is 0 Å². The Morgan fingerprint density at radius 3 is 2.57 bits per heavy atom. The number of nitrogens with zero attached hydrogens (tertiary/aromatic N) is 4. The summed E-state index contributed by atoms with van der Waals surface area (Å²) in [5, 5.41) is 0. The predicted molar refractivity (Wildman–Crippen MR) is 117 cm³/mol. The van der Waals surface area contributed by atoms with Gasteiger partial charge in [0.2, 0.25) is 0 Å². The molecule has 0 bridgehead atoms. The summed E-state index contributed by atoms with van der Waals surface area (Å²) in [6, 6.07) is 0. The van der Waals surface area contributed by atoms with Crippen molar-refractivity contribution in [3.63, 3.8) is 0 Å². The van der Waals surface area contributed by atoms with Gasteiger partial charge in [-0.1, -0.05) is 31.4 Å². The van der Waals surface area contributed by atoms with Crippen LogP contribution in [0.25, 0.3) is 0 Å². The smallest absolute Gasteiger partial charge is 0.135 e. The zero-order valence-electron chi connectivity index (χ0n) is 17.4. The lowest BCUT2D eigenvalue weighted by molar-refractivity contribution is 0.214. The number of piperidine rings is 1. The molecule has 0 saturated carbocycles. The first kappa shape index (κ1) is 19.4. The Kier molecular flexibility index (Phi) is 5.68. The third-order valence-corrected chi connectivity index (χ3v) is 6.91. The van der Waals surface area contributed by atoms with Crippen molar-refractivity contribution in [1.82, 2.24) is 14.9 Å². The van der Waals surface area contributed by atoms with Gasteiger partial charge in [-0.25, -0.2) is 9.97 Å². The fourth-order valence-corrected chi connectivity index (χ4v) is 5.31.